The van der Waals surface area contributed by atoms with E-state index in [9.17, 15) is 13.9 Å². The molecule has 1 N–H and O–H groups in total. The van der Waals surface area contributed by atoms with Gasteiger partial charge in [0.1, 0.15) is 11.6 Å². The molecule has 0 unspecified atom stereocenters. The Balaban J connectivity index is 2.05. The molecule has 0 bridgehead atoms. The number of benzene rings is 1. The number of hydrogen-bond acceptors (Lipinski definition) is 3. The molecule has 0 radical (unpaired) electrons. The summed E-state index contributed by atoms with van der Waals surface area (Å²) in [5.74, 6) is -1.35. The van der Waals surface area contributed by atoms with Gasteiger partial charge in [0.2, 0.25) is 0 Å². The maximum atomic E-state index is 13.6. The number of morpholine rings is 1. The first-order chi connectivity index (χ1) is 9.27. The second-order valence-electron chi connectivity index (χ2n) is 6.06. The quantitative estimate of drug-likeness (QED) is 0.926. The number of halogens is 2. The van der Waals surface area contributed by atoms with Crippen molar-refractivity contribution in [1.29, 1.82) is 0 Å². The lowest BCUT2D eigenvalue weighted by atomic mass is 10.0. The lowest BCUT2D eigenvalue weighted by Gasteiger charge is -2.42. The molecule has 1 aromatic carbocycles. The van der Waals surface area contributed by atoms with E-state index in [-0.39, 0.29) is 17.3 Å². The molecule has 2 atom stereocenters. The highest BCUT2D eigenvalue weighted by molar-refractivity contribution is 5.21. The number of aliphatic hydroxyl groups is 1. The molecule has 0 aliphatic carbocycles. The molecule has 0 amide bonds. The molecule has 112 valence electrons. The Morgan fingerprint density at radius 1 is 1.45 bits per heavy atom. The molecule has 0 aromatic heterocycles. The summed E-state index contributed by atoms with van der Waals surface area (Å²) >= 11 is 0. The molecule has 1 aliphatic rings. The van der Waals surface area contributed by atoms with E-state index in [2.05, 4.69) is 0 Å². The topological polar surface area (TPSA) is 32.7 Å². The minimum atomic E-state index is -0.975. The first-order valence-electron chi connectivity index (χ1n) is 6.80. The Morgan fingerprint density at radius 2 is 2.15 bits per heavy atom. The zero-order chi connectivity index (χ0) is 14.9. The van der Waals surface area contributed by atoms with E-state index < -0.39 is 17.7 Å². The molecule has 1 aromatic rings. The lowest BCUT2D eigenvalue weighted by molar-refractivity contribution is -0.134. The summed E-state index contributed by atoms with van der Waals surface area (Å²) in [5.41, 5.74) is -0.165. The average Bonchev–Trinajstić information content (AvgIpc) is 2.25. The van der Waals surface area contributed by atoms with Crippen molar-refractivity contribution in [3.8, 4) is 0 Å². The van der Waals surface area contributed by atoms with Crippen LogP contribution in [0, 0.1) is 11.6 Å². The maximum Gasteiger partial charge on any atom is 0.131 e. The Labute approximate surface area is 118 Å². The van der Waals surface area contributed by atoms with Crippen LogP contribution < -0.4 is 0 Å². The number of hydrogen-bond donors (Lipinski definition) is 1. The van der Waals surface area contributed by atoms with Gasteiger partial charge in [-0.1, -0.05) is 6.07 Å². The van der Waals surface area contributed by atoms with Gasteiger partial charge in [-0.2, -0.15) is 0 Å². The van der Waals surface area contributed by atoms with Crippen LogP contribution in [0.1, 0.15) is 32.4 Å². The van der Waals surface area contributed by atoms with E-state index in [1.807, 2.05) is 25.7 Å². The Kier molecular flexibility index (Phi) is 4.42. The predicted molar refractivity (Wildman–Crippen MR) is 72.4 cm³/mol. The van der Waals surface area contributed by atoms with Gasteiger partial charge in [0, 0.05) is 31.3 Å². The van der Waals surface area contributed by atoms with Gasteiger partial charge in [-0.05, 0) is 26.8 Å². The zero-order valence-electron chi connectivity index (χ0n) is 12.1. The number of rotatable bonds is 3. The summed E-state index contributed by atoms with van der Waals surface area (Å²) in [4.78, 5) is 2.04. The van der Waals surface area contributed by atoms with Gasteiger partial charge in [-0.3, -0.25) is 4.90 Å². The van der Waals surface area contributed by atoms with Gasteiger partial charge in [-0.15, -0.1) is 0 Å². The van der Waals surface area contributed by atoms with Gasteiger partial charge >= 0.3 is 0 Å². The fourth-order valence-corrected chi connectivity index (χ4v) is 2.84. The van der Waals surface area contributed by atoms with E-state index >= 15 is 0 Å². The monoisotopic (exact) mass is 285 g/mol. The van der Waals surface area contributed by atoms with Crippen LogP contribution in [-0.2, 0) is 4.74 Å². The molecule has 1 heterocycles. The molecule has 0 saturated carbocycles. The molecule has 1 fully saturated rings. The van der Waals surface area contributed by atoms with Crippen molar-refractivity contribution in [3.63, 3.8) is 0 Å². The predicted octanol–water partition coefficient (Wildman–Crippen LogP) is 2.50. The van der Waals surface area contributed by atoms with Gasteiger partial charge in [0.25, 0.3) is 0 Å². The minimum absolute atomic E-state index is 0.0593. The first-order valence-corrected chi connectivity index (χ1v) is 6.80. The Morgan fingerprint density at radius 3 is 2.75 bits per heavy atom. The second kappa shape index (κ2) is 5.76. The highest BCUT2D eigenvalue weighted by Gasteiger charge is 2.32. The third-order valence-electron chi connectivity index (χ3n) is 3.39. The normalized spacial score (nSPS) is 24.6. The lowest BCUT2D eigenvalue weighted by Crippen LogP contribution is -2.52. The largest absolute Gasteiger partial charge is 0.387 e. The first kappa shape index (κ1) is 15.4. The second-order valence-corrected chi connectivity index (χ2v) is 6.06. The van der Waals surface area contributed by atoms with Crippen molar-refractivity contribution in [1.82, 2.24) is 4.90 Å². The van der Waals surface area contributed by atoms with Crippen LogP contribution in [0.2, 0.25) is 0 Å². The van der Waals surface area contributed by atoms with E-state index in [1.54, 1.807) is 0 Å². The molecule has 0 spiro atoms. The van der Waals surface area contributed by atoms with Crippen molar-refractivity contribution >= 4 is 0 Å². The fourth-order valence-electron chi connectivity index (χ4n) is 2.84. The van der Waals surface area contributed by atoms with Crippen LogP contribution >= 0.6 is 0 Å². The molecule has 1 saturated heterocycles. The summed E-state index contributed by atoms with van der Waals surface area (Å²) in [6, 6.07) is 3.25. The molecule has 20 heavy (non-hydrogen) atoms. The van der Waals surface area contributed by atoms with Gasteiger partial charge in [0.05, 0.1) is 17.8 Å². The summed E-state index contributed by atoms with van der Waals surface area (Å²) < 4.78 is 32.3. The number of β-amino-alcohol motifs (C(OH)–C–C–N with tert-alkyl or cyclic N) is 1. The molecular formula is C15H21F2NO2. The van der Waals surface area contributed by atoms with Crippen LogP contribution in [0.4, 0.5) is 8.78 Å². The SMILES string of the molecule is C[C@H]1CN(C[C@H](O)c2ccc(F)cc2F)CC(C)(C)O1. The third-order valence-corrected chi connectivity index (χ3v) is 3.39. The molecule has 1 aliphatic heterocycles. The van der Waals surface area contributed by atoms with Crippen molar-refractivity contribution in [2.24, 2.45) is 0 Å². The smallest absolute Gasteiger partial charge is 0.131 e. The summed E-state index contributed by atoms with van der Waals surface area (Å²) in [6.45, 7) is 7.60. The third kappa shape index (κ3) is 3.75. The average molecular weight is 285 g/mol. The maximum absolute atomic E-state index is 13.6. The van der Waals surface area contributed by atoms with E-state index in [0.717, 1.165) is 12.1 Å². The van der Waals surface area contributed by atoms with Crippen LogP contribution in [0.25, 0.3) is 0 Å². The zero-order valence-corrected chi connectivity index (χ0v) is 12.1. The van der Waals surface area contributed by atoms with Gasteiger partial charge in [0.15, 0.2) is 0 Å². The summed E-state index contributed by atoms with van der Waals surface area (Å²) in [6.07, 6.45) is -0.916. The van der Waals surface area contributed by atoms with Crippen molar-refractivity contribution in [2.75, 3.05) is 19.6 Å². The molecule has 3 nitrogen and oxygen atoms in total. The Bertz CT molecular complexity index is 479. The van der Waals surface area contributed by atoms with Crippen LogP contribution in [0.15, 0.2) is 18.2 Å². The highest BCUT2D eigenvalue weighted by atomic mass is 19.1. The molecular weight excluding hydrogens is 264 g/mol. The standard InChI is InChI=1S/C15H21F2NO2/c1-10-7-18(9-15(2,3)20-10)8-14(19)12-5-4-11(16)6-13(12)17/h4-6,10,14,19H,7-9H2,1-3H3/t10-,14-/m0/s1. The van der Waals surface area contributed by atoms with E-state index in [4.69, 9.17) is 4.74 Å². The van der Waals surface area contributed by atoms with Crippen LogP contribution in [0.5, 0.6) is 0 Å². The Hall–Kier alpha value is -1.04. The van der Waals surface area contributed by atoms with E-state index in [0.29, 0.717) is 19.6 Å². The van der Waals surface area contributed by atoms with Gasteiger partial charge in [-0.25, -0.2) is 8.78 Å². The number of nitrogens with zero attached hydrogens (tertiary/aromatic N) is 1. The number of ether oxygens (including phenoxy) is 1. The molecule has 5 heteroatoms. The van der Waals surface area contributed by atoms with Crippen molar-refractivity contribution < 1.29 is 18.6 Å². The summed E-state index contributed by atoms with van der Waals surface area (Å²) in [7, 11) is 0. The van der Waals surface area contributed by atoms with Crippen LogP contribution in [0.3, 0.4) is 0 Å². The minimum Gasteiger partial charge on any atom is -0.387 e. The van der Waals surface area contributed by atoms with Crippen molar-refractivity contribution in [2.45, 2.75) is 38.6 Å². The number of aliphatic hydroxyl groups excluding tert-OH is 1. The van der Waals surface area contributed by atoms with Gasteiger partial charge < -0.3 is 9.84 Å². The van der Waals surface area contributed by atoms with Crippen LogP contribution in [-0.4, -0.2) is 41.3 Å². The molecule has 2 rings (SSSR count). The van der Waals surface area contributed by atoms with E-state index in [1.165, 1.54) is 6.07 Å². The fraction of sp³-hybridized carbons (Fsp3) is 0.600. The van der Waals surface area contributed by atoms with Crippen molar-refractivity contribution in [3.05, 3.63) is 35.4 Å². The summed E-state index contributed by atoms with van der Waals surface area (Å²) in [5, 5.41) is 10.2. The highest BCUT2D eigenvalue weighted by Crippen LogP contribution is 2.24.